The van der Waals surface area contributed by atoms with Gasteiger partial charge in [0.05, 0.1) is 5.52 Å². The van der Waals surface area contributed by atoms with Crippen molar-refractivity contribution in [2.24, 2.45) is 0 Å². The third kappa shape index (κ3) is 5.77. The smallest absolute Gasteiger partial charge is 0.106 e. The van der Waals surface area contributed by atoms with Gasteiger partial charge in [-0.25, -0.2) is 0 Å². The Labute approximate surface area is 336 Å². The number of rotatable bonds is 7. The predicted octanol–water partition coefficient (Wildman–Crippen LogP) is 12.9. The summed E-state index contributed by atoms with van der Waals surface area (Å²) in [6.45, 7) is 0. The molecule has 0 bridgehead atoms. The first kappa shape index (κ1) is 33.5. The van der Waals surface area contributed by atoms with E-state index in [1.54, 1.807) is 0 Å². The molecule has 0 spiro atoms. The van der Waals surface area contributed by atoms with E-state index in [1.807, 2.05) is 0 Å². The number of aromatic nitrogens is 1. The van der Waals surface area contributed by atoms with Gasteiger partial charge in [-0.15, -0.1) is 0 Å². The van der Waals surface area contributed by atoms with Crippen molar-refractivity contribution in [3.05, 3.63) is 239 Å². The highest BCUT2D eigenvalue weighted by molar-refractivity contribution is 5.97. The van der Waals surface area contributed by atoms with Gasteiger partial charge >= 0.3 is 0 Å². The maximum atomic E-state index is 3.60. The molecule has 1 aliphatic rings. The minimum absolute atomic E-state index is 1.01. The van der Waals surface area contributed by atoms with E-state index in [0.29, 0.717) is 0 Å². The van der Waals surface area contributed by atoms with Gasteiger partial charge in [-0.3, -0.25) is 0 Å². The van der Waals surface area contributed by atoms with Gasteiger partial charge in [-0.2, -0.15) is 0 Å². The molecular weight excluding hydrogens is 701 g/mol. The molecule has 0 saturated heterocycles. The van der Waals surface area contributed by atoms with Crippen molar-refractivity contribution in [2.75, 3.05) is 4.90 Å². The Balaban J connectivity index is 1.11. The Bertz CT molecular complexity index is 3340. The average Bonchev–Trinajstić information content (AvgIpc) is 3.64. The van der Waals surface area contributed by atoms with Crippen LogP contribution in [0.1, 0.15) is 0 Å². The van der Waals surface area contributed by atoms with Gasteiger partial charge in [0.2, 0.25) is 0 Å². The van der Waals surface area contributed by atoms with Crippen molar-refractivity contribution in [3.63, 3.8) is 0 Å². The second-order valence-electron chi connectivity index (χ2n) is 14.8. The molecule has 11 rings (SSSR count). The fraction of sp³-hybridized carbons (Fsp3) is 0. The Hall–Kier alpha value is -7.86. The van der Waals surface area contributed by atoms with E-state index in [4.69, 9.17) is 0 Å². The summed E-state index contributed by atoms with van der Waals surface area (Å²) < 4.78 is 2.36. The van der Waals surface area contributed by atoms with Gasteiger partial charge in [0, 0.05) is 43.8 Å². The van der Waals surface area contributed by atoms with Crippen LogP contribution in [0.3, 0.4) is 0 Å². The molecule has 2 nitrogen and oxygen atoms in total. The minimum Gasteiger partial charge on any atom is -0.310 e. The van der Waals surface area contributed by atoms with E-state index in [1.165, 1.54) is 60.0 Å². The van der Waals surface area contributed by atoms with Crippen molar-refractivity contribution >= 4 is 50.2 Å². The highest BCUT2D eigenvalue weighted by atomic mass is 15.1. The Morgan fingerprint density at radius 1 is 0.379 bits per heavy atom. The molecule has 0 aliphatic heterocycles. The molecule has 270 valence electrons. The van der Waals surface area contributed by atoms with Gasteiger partial charge in [-0.1, -0.05) is 170 Å². The average molecular weight is 737 g/mol. The van der Waals surface area contributed by atoms with Crippen LogP contribution >= 0.6 is 0 Å². The summed E-state index contributed by atoms with van der Waals surface area (Å²) in [6.07, 6.45) is 0. The molecule has 0 saturated carbocycles. The van der Waals surface area contributed by atoms with E-state index < -0.39 is 0 Å². The number of anilines is 3. The lowest BCUT2D eigenvalue weighted by molar-refractivity contribution is 1.07. The molecule has 1 aliphatic carbocycles. The third-order valence-corrected chi connectivity index (χ3v) is 11.4. The zero-order valence-electron chi connectivity index (χ0n) is 31.7. The standard InChI is InChI=1S/C56H36N2/c1-3-12-39(13-4-1)41-22-29-46(30-23-41)57(47-31-24-42(25-32-47)40-14-5-2-6-15-40)49-35-36-53-55(38-49)58(54-37-28-44-17-8-10-20-52(44)56(53)54)48-33-26-45(27-34-48)51-21-11-18-43-16-7-9-19-50(43)51/h1-27,29-36,38H. The van der Waals surface area contributed by atoms with E-state index in [2.05, 4.69) is 239 Å². The van der Waals surface area contributed by atoms with Crippen LogP contribution in [0, 0.1) is 10.4 Å². The van der Waals surface area contributed by atoms with E-state index in [0.717, 1.165) is 38.8 Å². The molecule has 0 atom stereocenters. The fourth-order valence-corrected chi connectivity index (χ4v) is 8.59. The van der Waals surface area contributed by atoms with E-state index in [9.17, 15) is 0 Å². The minimum atomic E-state index is 1.01. The SMILES string of the molecule is C1=C=c2c(c3ccc(N(c4ccc(-c5ccccc5)cc4)c4ccc(-c5ccccc5)cc4)cc3n2-c2ccc(-c3cccc4ccccc34)cc2)=c2ccccc2=1. The molecule has 10 aromatic rings. The summed E-state index contributed by atoms with van der Waals surface area (Å²) in [7, 11) is 0. The Morgan fingerprint density at radius 2 is 0.931 bits per heavy atom. The molecule has 1 heterocycles. The highest BCUT2D eigenvalue weighted by Crippen LogP contribution is 2.39. The second-order valence-corrected chi connectivity index (χ2v) is 14.8. The van der Waals surface area contributed by atoms with Crippen molar-refractivity contribution < 1.29 is 0 Å². The second kappa shape index (κ2) is 14.0. The normalized spacial score (nSPS) is 11.4. The van der Waals surface area contributed by atoms with Gasteiger partial charge in [0.15, 0.2) is 0 Å². The summed E-state index contributed by atoms with van der Waals surface area (Å²) in [5.74, 6) is 0. The lowest BCUT2D eigenvalue weighted by Gasteiger charge is -2.26. The zero-order chi connectivity index (χ0) is 38.4. The van der Waals surface area contributed by atoms with Crippen LogP contribution < -0.4 is 15.5 Å². The first-order valence-corrected chi connectivity index (χ1v) is 19.8. The van der Waals surface area contributed by atoms with Gasteiger partial charge < -0.3 is 9.47 Å². The molecule has 58 heavy (non-hydrogen) atoms. The molecular formula is C56H36N2. The summed E-state index contributed by atoms with van der Waals surface area (Å²) >= 11 is 0. The number of fused-ring (bicyclic) bond motifs is 5. The molecule has 2 heteroatoms. The predicted molar refractivity (Wildman–Crippen MR) is 242 cm³/mol. The first-order valence-electron chi connectivity index (χ1n) is 19.8. The highest BCUT2D eigenvalue weighted by Gasteiger charge is 2.18. The maximum Gasteiger partial charge on any atom is 0.106 e. The Kier molecular flexibility index (Phi) is 8.09. The maximum absolute atomic E-state index is 3.60. The molecule has 1 aromatic heterocycles. The molecule has 0 amide bonds. The van der Waals surface area contributed by atoms with E-state index in [-0.39, 0.29) is 0 Å². The van der Waals surface area contributed by atoms with Crippen molar-refractivity contribution in [1.82, 2.24) is 4.57 Å². The summed E-state index contributed by atoms with van der Waals surface area (Å²) in [4.78, 5) is 2.36. The molecule has 0 N–H and O–H groups in total. The molecule has 0 unspecified atom stereocenters. The van der Waals surface area contributed by atoms with Crippen LogP contribution in [0.4, 0.5) is 17.1 Å². The molecule has 0 radical (unpaired) electrons. The first-order chi connectivity index (χ1) is 28.8. The monoisotopic (exact) mass is 736 g/mol. The lowest BCUT2D eigenvalue weighted by Crippen LogP contribution is -2.17. The van der Waals surface area contributed by atoms with Gasteiger partial charge in [-0.05, 0) is 104 Å². The number of hydrogen-bond acceptors (Lipinski definition) is 1. The lowest BCUT2D eigenvalue weighted by atomic mass is 9.98. The van der Waals surface area contributed by atoms with Gasteiger partial charge in [0.1, 0.15) is 5.35 Å². The number of benzene rings is 9. The fourth-order valence-electron chi connectivity index (χ4n) is 8.59. The van der Waals surface area contributed by atoms with Crippen LogP contribution in [0.25, 0.3) is 72.2 Å². The summed E-state index contributed by atoms with van der Waals surface area (Å²) in [5.41, 5.74) is 19.7. The topological polar surface area (TPSA) is 8.17 Å². The zero-order valence-corrected chi connectivity index (χ0v) is 31.7. The summed E-state index contributed by atoms with van der Waals surface area (Å²) in [6, 6.07) is 78.5. The third-order valence-electron chi connectivity index (χ3n) is 11.4. The van der Waals surface area contributed by atoms with Crippen molar-refractivity contribution in [1.29, 1.82) is 0 Å². The van der Waals surface area contributed by atoms with Crippen LogP contribution in [0.5, 0.6) is 0 Å². The number of hydrogen-bond donors (Lipinski definition) is 0. The van der Waals surface area contributed by atoms with Crippen molar-refractivity contribution in [3.8, 4) is 39.1 Å². The van der Waals surface area contributed by atoms with Crippen LogP contribution in [-0.2, 0) is 0 Å². The van der Waals surface area contributed by atoms with Crippen LogP contribution in [0.15, 0.2) is 218 Å². The molecule has 0 fully saturated rings. The van der Waals surface area contributed by atoms with E-state index >= 15 is 0 Å². The van der Waals surface area contributed by atoms with Crippen LogP contribution in [0.2, 0.25) is 0 Å². The van der Waals surface area contributed by atoms with Crippen LogP contribution in [-0.4, -0.2) is 4.57 Å². The van der Waals surface area contributed by atoms with Gasteiger partial charge in [0.25, 0.3) is 0 Å². The number of nitrogens with zero attached hydrogens (tertiary/aromatic N) is 2. The summed E-state index contributed by atoms with van der Waals surface area (Å²) in [5, 5.41) is 8.09. The molecule has 9 aromatic carbocycles. The Morgan fingerprint density at radius 3 is 1.62 bits per heavy atom. The largest absolute Gasteiger partial charge is 0.310 e. The van der Waals surface area contributed by atoms with Crippen molar-refractivity contribution in [2.45, 2.75) is 0 Å². The quantitative estimate of drug-likeness (QED) is 0.158.